The van der Waals surface area contributed by atoms with Gasteiger partial charge in [0.2, 0.25) is 0 Å². The number of hydrogen-bond donors (Lipinski definition) is 1. The first-order valence-electron chi connectivity index (χ1n) is 5.72. The van der Waals surface area contributed by atoms with E-state index in [1.165, 1.54) is 7.11 Å². The van der Waals surface area contributed by atoms with Gasteiger partial charge in [-0.2, -0.15) is 0 Å². The van der Waals surface area contributed by atoms with Crippen LogP contribution in [0.3, 0.4) is 0 Å². The van der Waals surface area contributed by atoms with Crippen LogP contribution in [0.1, 0.15) is 32.6 Å². The molecule has 2 atom stereocenters. The van der Waals surface area contributed by atoms with Crippen LogP contribution in [0.4, 0.5) is 0 Å². The molecule has 0 aromatic heterocycles. The van der Waals surface area contributed by atoms with Gasteiger partial charge in [-0.25, -0.2) is 5.48 Å². The van der Waals surface area contributed by atoms with Gasteiger partial charge in [0, 0.05) is 6.54 Å². The highest BCUT2D eigenvalue weighted by molar-refractivity contribution is 5.72. The Hall–Kier alpha value is -0.610. The Bertz CT molecular complexity index is 188. The summed E-state index contributed by atoms with van der Waals surface area (Å²) in [6.07, 6.45) is 3.96. The topological polar surface area (TPSA) is 47.6 Å². The Kier molecular flexibility index (Phi) is 5.65. The maximum Gasteiger partial charge on any atom is 0.308 e. The van der Waals surface area contributed by atoms with E-state index in [2.05, 4.69) is 12.4 Å². The van der Waals surface area contributed by atoms with Crippen molar-refractivity contribution in [3.63, 3.8) is 0 Å². The molecule has 1 heterocycles. The lowest BCUT2D eigenvalue weighted by Gasteiger charge is -2.22. The number of carbonyl (C=O) groups is 1. The molecule has 0 amide bonds. The molecule has 1 N–H and O–H groups in total. The summed E-state index contributed by atoms with van der Waals surface area (Å²) in [5.74, 6) is 0.291. The van der Waals surface area contributed by atoms with Gasteiger partial charge in [0.15, 0.2) is 0 Å². The fraction of sp³-hybridized carbons (Fsp3) is 0.909. The van der Waals surface area contributed by atoms with E-state index in [9.17, 15) is 4.79 Å². The van der Waals surface area contributed by atoms with Crippen molar-refractivity contribution in [3.05, 3.63) is 0 Å². The highest BCUT2D eigenvalue weighted by Gasteiger charge is 2.28. The van der Waals surface area contributed by atoms with Gasteiger partial charge in [-0.1, -0.05) is 13.3 Å². The number of esters is 1. The summed E-state index contributed by atoms with van der Waals surface area (Å²) in [6.45, 7) is 3.58. The van der Waals surface area contributed by atoms with E-state index in [1.54, 1.807) is 0 Å². The van der Waals surface area contributed by atoms with Crippen LogP contribution >= 0.6 is 0 Å². The van der Waals surface area contributed by atoms with Crippen LogP contribution in [-0.4, -0.2) is 26.2 Å². The molecule has 1 saturated heterocycles. The zero-order valence-electron chi connectivity index (χ0n) is 9.62. The Balaban J connectivity index is 2.55. The summed E-state index contributed by atoms with van der Waals surface area (Å²) in [6, 6.07) is 0. The molecule has 0 spiro atoms. The minimum atomic E-state index is -0.0782. The standard InChI is InChI=1S/C11H21NO3/c1-3-5-10(11(13)14-2)9-6-4-7-15-12-8-9/h9-10,12H,3-8H2,1-2H3. The highest BCUT2D eigenvalue weighted by atomic mass is 16.6. The molecule has 0 saturated carbocycles. The Morgan fingerprint density at radius 3 is 3.13 bits per heavy atom. The number of nitrogens with one attached hydrogen (secondary N) is 1. The van der Waals surface area contributed by atoms with Gasteiger partial charge >= 0.3 is 5.97 Å². The lowest BCUT2D eigenvalue weighted by atomic mass is 9.85. The Labute approximate surface area is 91.3 Å². The van der Waals surface area contributed by atoms with Gasteiger partial charge in [0.05, 0.1) is 19.6 Å². The predicted molar refractivity (Wildman–Crippen MR) is 57.1 cm³/mol. The van der Waals surface area contributed by atoms with Crippen molar-refractivity contribution in [2.75, 3.05) is 20.3 Å². The Morgan fingerprint density at radius 2 is 2.47 bits per heavy atom. The average Bonchev–Trinajstić information content (AvgIpc) is 2.53. The molecule has 0 aromatic carbocycles. The minimum absolute atomic E-state index is 0.0224. The second-order valence-corrected chi connectivity index (χ2v) is 4.02. The number of hydrogen-bond acceptors (Lipinski definition) is 4. The van der Waals surface area contributed by atoms with E-state index >= 15 is 0 Å². The second kappa shape index (κ2) is 6.80. The van der Waals surface area contributed by atoms with E-state index in [-0.39, 0.29) is 11.9 Å². The molecule has 4 nitrogen and oxygen atoms in total. The van der Waals surface area contributed by atoms with Gasteiger partial charge in [0.1, 0.15) is 0 Å². The molecule has 0 aliphatic carbocycles. The van der Waals surface area contributed by atoms with Crippen molar-refractivity contribution in [1.29, 1.82) is 0 Å². The summed E-state index contributed by atoms with van der Waals surface area (Å²) >= 11 is 0. The normalized spacial score (nSPS) is 24.3. The number of carbonyl (C=O) groups excluding carboxylic acids is 1. The molecule has 1 fully saturated rings. The molecule has 1 aliphatic heterocycles. The first kappa shape index (κ1) is 12.5. The number of methoxy groups -OCH3 is 1. The zero-order chi connectivity index (χ0) is 11.1. The molecule has 88 valence electrons. The van der Waals surface area contributed by atoms with Gasteiger partial charge in [-0.3, -0.25) is 4.79 Å². The van der Waals surface area contributed by atoms with Gasteiger partial charge in [-0.15, -0.1) is 0 Å². The van der Waals surface area contributed by atoms with Crippen LogP contribution in [0.25, 0.3) is 0 Å². The summed E-state index contributed by atoms with van der Waals surface area (Å²) in [5, 5.41) is 0. The van der Waals surface area contributed by atoms with Crippen LogP contribution in [0.5, 0.6) is 0 Å². The lowest BCUT2D eigenvalue weighted by Crippen LogP contribution is -2.31. The van der Waals surface area contributed by atoms with E-state index in [4.69, 9.17) is 9.57 Å². The number of rotatable bonds is 4. The predicted octanol–water partition coefficient (Wildman–Crippen LogP) is 1.51. The maximum absolute atomic E-state index is 11.6. The SMILES string of the molecule is CCCC(C(=O)OC)C1CCCONC1. The van der Waals surface area contributed by atoms with Crippen LogP contribution in [0.2, 0.25) is 0 Å². The molecule has 2 unspecified atom stereocenters. The molecule has 0 bridgehead atoms. The van der Waals surface area contributed by atoms with E-state index in [0.29, 0.717) is 5.92 Å². The van der Waals surface area contributed by atoms with Crippen molar-refractivity contribution in [3.8, 4) is 0 Å². The van der Waals surface area contributed by atoms with E-state index in [0.717, 1.165) is 38.8 Å². The fourth-order valence-corrected chi connectivity index (χ4v) is 2.11. The summed E-state index contributed by atoms with van der Waals surface area (Å²) in [4.78, 5) is 16.8. The first-order chi connectivity index (χ1) is 7.29. The summed E-state index contributed by atoms with van der Waals surface area (Å²) in [7, 11) is 1.46. The smallest absolute Gasteiger partial charge is 0.308 e. The molecule has 1 aliphatic rings. The average molecular weight is 215 g/mol. The minimum Gasteiger partial charge on any atom is -0.469 e. The van der Waals surface area contributed by atoms with Crippen molar-refractivity contribution in [2.24, 2.45) is 11.8 Å². The summed E-state index contributed by atoms with van der Waals surface area (Å²) < 4.78 is 4.85. The third-order valence-electron chi connectivity index (χ3n) is 2.94. The van der Waals surface area contributed by atoms with Crippen LogP contribution in [0.15, 0.2) is 0 Å². The van der Waals surface area contributed by atoms with Crippen molar-refractivity contribution in [1.82, 2.24) is 5.48 Å². The maximum atomic E-state index is 11.6. The largest absolute Gasteiger partial charge is 0.469 e. The quantitative estimate of drug-likeness (QED) is 0.722. The van der Waals surface area contributed by atoms with E-state index in [1.807, 2.05) is 0 Å². The number of ether oxygens (including phenoxy) is 1. The first-order valence-corrected chi connectivity index (χ1v) is 5.72. The molecule has 0 aromatic rings. The van der Waals surface area contributed by atoms with Crippen LogP contribution < -0.4 is 5.48 Å². The molecule has 0 radical (unpaired) electrons. The third-order valence-corrected chi connectivity index (χ3v) is 2.94. The van der Waals surface area contributed by atoms with Crippen molar-refractivity contribution in [2.45, 2.75) is 32.6 Å². The molecular formula is C11H21NO3. The number of hydroxylamine groups is 1. The fourth-order valence-electron chi connectivity index (χ4n) is 2.11. The highest BCUT2D eigenvalue weighted by Crippen LogP contribution is 2.24. The summed E-state index contributed by atoms with van der Waals surface area (Å²) in [5.41, 5.74) is 2.91. The Morgan fingerprint density at radius 1 is 1.67 bits per heavy atom. The van der Waals surface area contributed by atoms with E-state index < -0.39 is 0 Å². The second-order valence-electron chi connectivity index (χ2n) is 4.02. The molecular weight excluding hydrogens is 194 g/mol. The van der Waals surface area contributed by atoms with Crippen LogP contribution in [0, 0.1) is 11.8 Å². The van der Waals surface area contributed by atoms with Crippen molar-refractivity contribution < 1.29 is 14.4 Å². The van der Waals surface area contributed by atoms with Gasteiger partial charge in [-0.05, 0) is 25.2 Å². The zero-order valence-corrected chi connectivity index (χ0v) is 9.62. The van der Waals surface area contributed by atoms with Crippen molar-refractivity contribution >= 4 is 5.97 Å². The monoisotopic (exact) mass is 215 g/mol. The van der Waals surface area contributed by atoms with Gasteiger partial charge < -0.3 is 9.57 Å². The van der Waals surface area contributed by atoms with Crippen LogP contribution in [-0.2, 0) is 14.4 Å². The molecule has 4 heteroatoms. The molecule has 1 rings (SSSR count). The third kappa shape index (κ3) is 3.80. The lowest BCUT2D eigenvalue weighted by molar-refractivity contribution is -0.148. The molecule has 15 heavy (non-hydrogen) atoms. The van der Waals surface area contributed by atoms with Gasteiger partial charge in [0.25, 0.3) is 0 Å².